The lowest BCUT2D eigenvalue weighted by atomic mass is 10.3. The van der Waals surface area contributed by atoms with E-state index in [1.54, 1.807) is 0 Å². The second-order valence-electron chi connectivity index (χ2n) is 4.65. The van der Waals surface area contributed by atoms with E-state index in [9.17, 15) is 30.8 Å². The summed E-state index contributed by atoms with van der Waals surface area (Å²) in [5.74, 6) is -4.30. The fourth-order valence-corrected chi connectivity index (χ4v) is 3.49. The first-order chi connectivity index (χ1) is 10.4. The molecule has 130 valence electrons. The first kappa shape index (κ1) is 19.2. The predicted molar refractivity (Wildman–Crippen MR) is 69.7 cm³/mol. The SMILES string of the molecule is CC(C)N(CC(=O)O)S(=O)(=O)c1c(F)cccc1OC(F)(F)F. The summed E-state index contributed by atoms with van der Waals surface area (Å²) in [7, 11) is -4.88. The molecule has 0 aliphatic heterocycles. The van der Waals surface area contributed by atoms with Crippen LogP contribution in [0.2, 0.25) is 0 Å². The lowest BCUT2D eigenvalue weighted by molar-refractivity contribution is -0.275. The molecule has 11 heteroatoms. The van der Waals surface area contributed by atoms with E-state index in [1.165, 1.54) is 13.8 Å². The van der Waals surface area contributed by atoms with Crippen LogP contribution in [-0.2, 0) is 14.8 Å². The number of benzene rings is 1. The minimum Gasteiger partial charge on any atom is -0.480 e. The third-order valence-corrected chi connectivity index (χ3v) is 4.67. The molecular formula is C12H13F4NO5S. The second-order valence-corrected chi connectivity index (χ2v) is 6.48. The normalized spacial score (nSPS) is 12.7. The molecule has 0 atom stereocenters. The van der Waals surface area contributed by atoms with Gasteiger partial charge in [0.15, 0.2) is 10.6 Å². The van der Waals surface area contributed by atoms with Crippen LogP contribution in [0.5, 0.6) is 5.75 Å². The second kappa shape index (κ2) is 6.71. The summed E-state index contributed by atoms with van der Waals surface area (Å²) < 4.78 is 79.7. The largest absolute Gasteiger partial charge is 0.573 e. The van der Waals surface area contributed by atoms with Crippen LogP contribution in [0.1, 0.15) is 13.8 Å². The van der Waals surface area contributed by atoms with Gasteiger partial charge in [-0.15, -0.1) is 13.2 Å². The van der Waals surface area contributed by atoms with Crippen molar-refractivity contribution in [3.05, 3.63) is 24.0 Å². The van der Waals surface area contributed by atoms with Crippen molar-refractivity contribution >= 4 is 16.0 Å². The lowest BCUT2D eigenvalue weighted by Crippen LogP contribution is -2.41. The molecular weight excluding hydrogens is 346 g/mol. The average molecular weight is 359 g/mol. The highest BCUT2D eigenvalue weighted by Crippen LogP contribution is 2.33. The summed E-state index contributed by atoms with van der Waals surface area (Å²) in [6, 6.07) is 1.17. The van der Waals surface area contributed by atoms with Crippen molar-refractivity contribution in [2.45, 2.75) is 31.1 Å². The Hall–Kier alpha value is -1.88. The number of hydrogen-bond acceptors (Lipinski definition) is 4. The van der Waals surface area contributed by atoms with E-state index in [0.29, 0.717) is 16.4 Å². The summed E-state index contributed by atoms with van der Waals surface area (Å²) in [4.78, 5) is 9.41. The molecule has 0 fully saturated rings. The number of hydrogen-bond donors (Lipinski definition) is 1. The molecule has 1 N–H and O–H groups in total. The highest BCUT2D eigenvalue weighted by atomic mass is 32.2. The van der Waals surface area contributed by atoms with Crippen LogP contribution < -0.4 is 4.74 Å². The van der Waals surface area contributed by atoms with Crippen molar-refractivity contribution in [1.29, 1.82) is 0 Å². The van der Waals surface area contributed by atoms with Gasteiger partial charge < -0.3 is 9.84 Å². The summed E-state index contributed by atoms with van der Waals surface area (Å²) in [5.41, 5.74) is 0. The highest BCUT2D eigenvalue weighted by Gasteiger charge is 2.38. The van der Waals surface area contributed by atoms with Crippen molar-refractivity contribution in [3.8, 4) is 5.75 Å². The molecule has 0 aliphatic carbocycles. The molecule has 0 saturated carbocycles. The van der Waals surface area contributed by atoms with Crippen LogP contribution in [-0.4, -0.2) is 42.7 Å². The lowest BCUT2D eigenvalue weighted by Gasteiger charge is -2.25. The van der Waals surface area contributed by atoms with E-state index in [0.717, 1.165) is 6.07 Å². The average Bonchev–Trinajstić information content (AvgIpc) is 2.32. The van der Waals surface area contributed by atoms with Gasteiger partial charge >= 0.3 is 12.3 Å². The van der Waals surface area contributed by atoms with Gasteiger partial charge in [-0.1, -0.05) is 6.07 Å². The molecule has 0 unspecified atom stereocenters. The quantitative estimate of drug-likeness (QED) is 0.788. The van der Waals surface area contributed by atoms with E-state index in [4.69, 9.17) is 5.11 Å². The first-order valence-corrected chi connectivity index (χ1v) is 7.58. The number of nitrogens with zero attached hydrogens (tertiary/aromatic N) is 1. The number of alkyl halides is 3. The summed E-state index contributed by atoms with van der Waals surface area (Å²) in [6.45, 7) is 1.55. The van der Waals surface area contributed by atoms with E-state index in [2.05, 4.69) is 4.74 Å². The smallest absolute Gasteiger partial charge is 0.480 e. The van der Waals surface area contributed by atoms with Crippen LogP contribution in [0, 0.1) is 5.82 Å². The molecule has 0 radical (unpaired) electrons. The third-order valence-electron chi connectivity index (χ3n) is 2.59. The Labute approximate surface area is 129 Å². The molecule has 1 aromatic carbocycles. The fraction of sp³-hybridized carbons (Fsp3) is 0.417. The Morgan fingerprint density at radius 2 is 1.91 bits per heavy atom. The van der Waals surface area contributed by atoms with Gasteiger partial charge in [0.1, 0.15) is 12.4 Å². The predicted octanol–water partition coefficient (Wildman–Crippen LogP) is 2.21. The number of carboxylic acids is 1. The van der Waals surface area contributed by atoms with E-state index >= 15 is 0 Å². The van der Waals surface area contributed by atoms with Crippen LogP contribution in [0.3, 0.4) is 0 Å². The topological polar surface area (TPSA) is 83.9 Å². The molecule has 0 saturated heterocycles. The Bertz CT molecular complexity index is 687. The van der Waals surface area contributed by atoms with Gasteiger partial charge in [-0.3, -0.25) is 4.79 Å². The van der Waals surface area contributed by atoms with Crippen molar-refractivity contribution in [2.75, 3.05) is 6.54 Å². The standard InChI is InChI=1S/C12H13F4NO5S/c1-7(2)17(6-10(18)19)23(20,21)11-8(13)4-3-5-9(11)22-12(14,15)16/h3-5,7H,6H2,1-2H3,(H,18,19). The van der Waals surface area contributed by atoms with Crippen molar-refractivity contribution in [2.24, 2.45) is 0 Å². The maximum absolute atomic E-state index is 13.9. The van der Waals surface area contributed by atoms with Crippen molar-refractivity contribution in [1.82, 2.24) is 4.31 Å². The molecule has 23 heavy (non-hydrogen) atoms. The van der Waals surface area contributed by atoms with Crippen LogP contribution in [0.15, 0.2) is 23.1 Å². The summed E-state index contributed by atoms with van der Waals surface area (Å²) in [5, 5.41) is 8.76. The zero-order valence-electron chi connectivity index (χ0n) is 12.0. The van der Waals surface area contributed by atoms with Crippen molar-refractivity contribution < 1.29 is 40.6 Å². The van der Waals surface area contributed by atoms with Gasteiger partial charge in [-0.2, -0.15) is 4.31 Å². The third kappa shape index (κ3) is 4.79. The number of aliphatic carboxylic acids is 1. The number of carboxylic acid groups (broad SMARTS) is 1. The zero-order chi connectivity index (χ0) is 18.0. The van der Waals surface area contributed by atoms with E-state index in [-0.39, 0.29) is 0 Å². The molecule has 0 heterocycles. The molecule has 0 amide bonds. The van der Waals surface area contributed by atoms with Crippen LogP contribution in [0.4, 0.5) is 17.6 Å². The molecule has 0 bridgehead atoms. The Morgan fingerprint density at radius 3 is 2.35 bits per heavy atom. The zero-order valence-corrected chi connectivity index (χ0v) is 12.8. The van der Waals surface area contributed by atoms with Crippen LogP contribution in [0.25, 0.3) is 0 Å². The minimum absolute atomic E-state index is 0.358. The van der Waals surface area contributed by atoms with Gasteiger partial charge in [-0.05, 0) is 26.0 Å². The van der Waals surface area contributed by atoms with Gasteiger partial charge in [0.25, 0.3) is 0 Å². The Morgan fingerprint density at radius 1 is 1.35 bits per heavy atom. The molecule has 1 rings (SSSR count). The Kier molecular flexibility index (Phi) is 5.59. The summed E-state index contributed by atoms with van der Waals surface area (Å²) in [6.07, 6.45) is -5.24. The monoisotopic (exact) mass is 359 g/mol. The molecule has 0 aromatic heterocycles. The summed E-state index contributed by atoms with van der Waals surface area (Å²) >= 11 is 0. The first-order valence-electron chi connectivity index (χ1n) is 6.14. The number of carbonyl (C=O) groups is 1. The molecule has 0 aliphatic rings. The van der Waals surface area contributed by atoms with Gasteiger partial charge in [0, 0.05) is 6.04 Å². The number of sulfonamides is 1. The Balaban J connectivity index is 3.50. The number of halogens is 4. The number of rotatable bonds is 6. The van der Waals surface area contributed by atoms with Crippen LogP contribution >= 0.6 is 0 Å². The maximum atomic E-state index is 13.9. The van der Waals surface area contributed by atoms with Crippen molar-refractivity contribution in [3.63, 3.8) is 0 Å². The van der Waals surface area contributed by atoms with Gasteiger partial charge in [0.2, 0.25) is 10.0 Å². The van der Waals surface area contributed by atoms with E-state index in [1.807, 2.05) is 0 Å². The minimum atomic E-state index is -5.24. The molecule has 1 aromatic rings. The molecule has 0 spiro atoms. The van der Waals surface area contributed by atoms with Gasteiger partial charge in [-0.25, -0.2) is 12.8 Å². The maximum Gasteiger partial charge on any atom is 0.573 e. The van der Waals surface area contributed by atoms with E-state index < -0.39 is 51.4 Å². The molecule has 6 nitrogen and oxygen atoms in total. The van der Waals surface area contributed by atoms with Gasteiger partial charge in [0.05, 0.1) is 0 Å². The fourth-order valence-electron chi connectivity index (χ4n) is 1.74. The number of ether oxygens (including phenoxy) is 1. The highest BCUT2D eigenvalue weighted by molar-refractivity contribution is 7.89.